The molecule has 0 aliphatic heterocycles. The number of carbonyl (C=O) groups is 1. The van der Waals surface area contributed by atoms with Crippen molar-refractivity contribution in [3.8, 4) is 16.9 Å². The van der Waals surface area contributed by atoms with Crippen LogP contribution in [0.3, 0.4) is 0 Å². The fraction of sp³-hybridized carbons (Fsp3) is 0.281. The number of rotatable bonds is 7. The van der Waals surface area contributed by atoms with Crippen molar-refractivity contribution in [3.63, 3.8) is 0 Å². The van der Waals surface area contributed by atoms with E-state index in [4.69, 9.17) is 15.2 Å². The Labute approximate surface area is 242 Å². The number of carboxylic acid groups (broad SMARTS) is 1. The molecular weight excluding hydrogens is 530 g/mol. The first kappa shape index (κ1) is 27.3. The molecule has 0 bridgehead atoms. The molecule has 0 amide bonds. The van der Waals surface area contributed by atoms with E-state index in [1.807, 2.05) is 43.2 Å². The lowest BCUT2D eigenvalue weighted by molar-refractivity contribution is 0.0695. The molecule has 214 valence electrons. The van der Waals surface area contributed by atoms with E-state index in [0.717, 1.165) is 50.2 Å². The second-order valence-electron chi connectivity index (χ2n) is 11.2. The molecular formula is C32H33N7O3. The summed E-state index contributed by atoms with van der Waals surface area (Å²) in [5.41, 5.74) is 8.79. The van der Waals surface area contributed by atoms with Crippen LogP contribution in [0, 0.1) is 20.8 Å². The van der Waals surface area contributed by atoms with Gasteiger partial charge in [0.05, 0.1) is 40.8 Å². The maximum absolute atomic E-state index is 11.4. The Morgan fingerprint density at radius 3 is 2.50 bits per heavy atom. The molecule has 0 aliphatic carbocycles. The molecule has 0 aliphatic rings. The van der Waals surface area contributed by atoms with Gasteiger partial charge in [-0.15, -0.1) is 0 Å². The predicted octanol–water partition coefficient (Wildman–Crippen LogP) is 5.65. The Bertz CT molecular complexity index is 2000. The zero-order chi connectivity index (χ0) is 29.9. The number of benzene rings is 2. The van der Waals surface area contributed by atoms with Crippen LogP contribution in [-0.4, -0.2) is 50.5 Å². The van der Waals surface area contributed by atoms with Crippen molar-refractivity contribution in [3.05, 3.63) is 88.5 Å². The van der Waals surface area contributed by atoms with E-state index < -0.39 is 12.1 Å². The summed E-state index contributed by atoms with van der Waals surface area (Å²) < 4.78 is 5.49. The Morgan fingerprint density at radius 2 is 1.79 bits per heavy atom. The average molecular weight is 564 g/mol. The van der Waals surface area contributed by atoms with Crippen LogP contribution in [-0.2, 0) is 13.6 Å². The largest absolute Gasteiger partial charge is 0.478 e. The van der Waals surface area contributed by atoms with Crippen molar-refractivity contribution in [2.45, 2.75) is 53.2 Å². The number of carboxylic acids is 1. The third-order valence-electron chi connectivity index (χ3n) is 7.82. The first-order valence-corrected chi connectivity index (χ1v) is 13.9. The van der Waals surface area contributed by atoms with Crippen molar-refractivity contribution in [2.24, 2.45) is 7.05 Å². The fourth-order valence-corrected chi connectivity index (χ4v) is 5.81. The Kier molecular flexibility index (Phi) is 6.65. The van der Waals surface area contributed by atoms with Gasteiger partial charge in [0.1, 0.15) is 0 Å². The normalized spacial score (nSPS) is 12.6. The summed E-state index contributed by atoms with van der Waals surface area (Å²) in [7, 11) is 1.89. The van der Waals surface area contributed by atoms with Gasteiger partial charge in [-0.1, -0.05) is 38.1 Å². The minimum absolute atomic E-state index is 0.216. The summed E-state index contributed by atoms with van der Waals surface area (Å²) in [6, 6.07) is 13.0. The molecule has 0 saturated carbocycles. The fourth-order valence-electron chi connectivity index (χ4n) is 5.81. The number of hydrogen-bond donors (Lipinski definition) is 2. The zero-order valence-electron chi connectivity index (χ0n) is 24.5. The number of fused-ring (bicyclic) bond motifs is 2. The minimum atomic E-state index is -0.984. The highest BCUT2D eigenvalue weighted by Crippen LogP contribution is 2.37. The Morgan fingerprint density at radius 1 is 1.00 bits per heavy atom. The monoisotopic (exact) mass is 563 g/mol. The minimum Gasteiger partial charge on any atom is -0.478 e. The van der Waals surface area contributed by atoms with Crippen LogP contribution < -0.4 is 0 Å². The topological polar surface area (TPSA) is 124 Å². The summed E-state index contributed by atoms with van der Waals surface area (Å²) in [5, 5.41) is 36.6. The van der Waals surface area contributed by atoms with Crippen LogP contribution in [0.25, 0.3) is 38.9 Å². The molecule has 2 N–H and O–H groups in total. The number of aryl methyl sites for hydroxylation is 3. The summed E-state index contributed by atoms with van der Waals surface area (Å²) in [4.78, 5) is 16.1. The van der Waals surface area contributed by atoms with Crippen LogP contribution in [0.4, 0.5) is 0 Å². The lowest BCUT2D eigenvalue weighted by Gasteiger charge is -2.13. The van der Waals surface area contributed by atoms with Crippen molar-refractivity contribution in [1.29, 1.82) is 0 Å². The lowest BCUT2D eigenvalue weighted by Crippen LogP contribution is -2.10. The summed E-state index contributed by atoms with van der Waals surface area (Å²) in [6.45, 7) is 10.4. The summed E-state index contributed by atoms with van der Waals surface area (Å²) >= 11 is 0. The molecule has 6 aromatic rings. The predicted molar refractivity (Wildman–Crippen MR) is 161 cm³/mol. The second-order valence-corrected chi connectivity index (χ2v) is 11.2. The molecule has 42 heavy (non-hydrogen) atoms. The number of pyridine rings is 1. The van der Waals surface area contributed by atoms with Gasteiger partial charge in [-0.3, -0.25) is 9.36 Å². The lowest BCUT2D eigenvalue weighted by atomic mass is 9.95. The molecule has 0 fully saturated rings. The number of aliphatic hydroxyl groups excluding tert-OH is 1. The number of nitrogens with zero attached hydrogens (tertiary/aromatic N) is 7. The van der Waals surface area contributed by atoms with Gasteiger partial charge in [-0.25, -0.2) is 14.5 Å². The van der Waals surface area contributed by atoms with Crippen LogP contribution in [0.1, 0.15) is 64.3 Å². The third kappa shape index (κ3) is 4.63. The maximum Gasteiger partial charge on any atom is 0.335 e. The SMILES string of the molecule is Cc1cc(C(O)Cn2cc3c(-c4nn(-c5cc6cn(C)nc6nc5C)c(C)c4C(C)C)cccc3n2)ccc1C(=O)O. The van der Waals surface area contributed by atoms with Crippen molar-refractivity contribution in [2.75, 3.05) is 0 Å². The van der Waals surface area contributed by atoms with E-state index in [1.165, 1.54) is 6.07 Å². The molecule has 1 unspecified atom stereocenters. The van der Waals surface area contributed by atoms with E-state index in [-0.39, 0.29) is 18.0 Å². The molecule has 0 spiro atoms. The molecule has 6 rings (SSSR count). The van der Waals surface area contributed by atoms with Crippen LogP contribution in [0.5, 0.6) is 0 Å². The van der Waals surface area contributed by atoms with Crippen LogP contribution in [0.15, 0.2) is 54.9 Å². The van der Waals surface area contributed by atoms with Gasteiger partial charge in [0.25, 0.3) is 0 Å². The standard InChI is InChI=1S/C32H33N7O3/c1-17(2)29-20(5)39(27-13-22-14-37(6)36-31(22)33-19(27)4)35-30(29)24-8-7-9-26-25(24)15-38(34-26)16-28(40)21-10-11-23(32(41)42)18(3)12-21/h7-15,17,28,40H,16H2,1-6H3,(H,41,42). The van der Waals surface area contributed by atoms with Crippen LogP contribution in [0.2, 0.25) is 0 Å². The second kappa shape index (κ2) is 10.2. The highest BCUT2D eigenvalue weighted by Gasteiger charge is 2.23. The molecule has 10 heteroatoms. The van der Waals surface area contributed by atoms with Crippen LogP contribution >= 0.6 is 0 Å². The van der Waals surface area contributed by atoms with Crippen molar-refractivity contribution in [1.82, 2.24) is 34.3 Å². The van der Waals surface area contributed by atoms with Gasteiger partial charge < -0.3 is 10.2 Å². The van der Waals surface area contributed by atoms with Gasteiger partial charge in [0, 0.05) is 47.0 Å². The zero-order valence-corrected chi connectivity index (χ0v) is 24.5. The Hall–Kier alpha value is -4.83. The smallest absolute Gasteiger partial charge is 0.335 e. The summed E-state index contributed by atoms with van der Waals surface area (Å²) in [6.07, 6.45) is 3.05. The summed E-state index contributed by atoms with van der Waals surface area (Å²) in [5.74, 6) is -0.768. The maximum atomic E-state index is 11.4. The number of hydrogen-bond acceptors (Lipinski definition) is 6. The quantitative estimate of drug-likeness (QED) is 0.257. The van der Waals surface area contributed by atoms with Gasteiger partial charge in [0.2, 0.25) is 0 Å². The number of aliphatic hydroxyl groups is 1. The molecule has 4 heterocycles. The van der Waals surface area contributed by atoms with Crippen molar-refractivity contribution >= 4 is 27.9 Å². The van der Waals surface area contributed by atoms with Gasteiger partial charge >= 0.3 is 5.97 Å². The molecule has 1 atom stereocenters. The van der Waals surface area contributed by atoms with E-state index >= 15 is 0 Å². The van der Waals surface area contributed by atoms with Gasteiger partial charge in [0.15, 0.2) is 5.65 Å². The highest BCUT2D eigenvalue weighted by atomic mass is 16.4. The van der Waals surface area contributed by atoms with E-state index in [1.54, 1.807) is 28.4 Å². The number of aromatic carboxylic acids is 1. The molecule has 2 aromatic carbocycles. The van der Waals surface area contributed by atoms with Gasteiger partial charge in [-0.2, -0.15) is 15.3 Å². The first-order chi connectivity index (χ1) is 20.0. The first-order valence-electron chi connectivity index (χ1n) is 13.9. The van der Waals surface area contributed by atoms with E-state index in [9.17, 15) is 15.0 Å². The van der Waals surface area contributed by atoms with E-state index in [0.29, 0.717) is 16.8 Å². The van der Waals surface area contributed by atoms with Gasteiger partial charge in [-0.05, 0) is 56.0 Å². The molecule has 0 saturated heterocycles. The third-order valence-corrected chi connectivity index (χ3v) is 7.82. The number of aromatic nitrogens is 7. The molecule has 4 aromatic heterocycles. The highest BCUT2D eigenvalue weighted by molar-refractivity contribution is 5.94. The Balaban J connectivity index is 1.41. The molecule has 10 nitrogen and oxygen atoms in total. The van der Waals surface area contributed by atoms with E-state index in [2.05, 4.69) is 38.0 Å². The molecule has 0 radical (unpaired) electrons. The average Bonchev–Trinajstić information content (AvgIpc) is 3.60. The van der Waals surface area contributed by atoms with Crippen molar-refractivity contribution < 1.29 is 15.0 Å².